The lowest BCUT2D eigenvalue weighted by molar-refractivity contribution is 0.00578. The Hall–Kier alpha value is -2.13. The Morgan fingerprint density at radius 2 is 1.89 bits per heavy atom. The van der Waals surface area contributed by atoms with E-state index in [1.807, 2.05) is 27.7 Å². The number of nitrogens with one attached hydrogen (secondary N) is 1. The highest BCUT2D eigenvalue weighted by atomic mass is 16.7. The fraction of sp³-hybridized carbons (Fsp3) is 0.611. The molecular weight excluding hydrogens is 347 g/mol. The summed E-state index contributed by atoms with van der Waals surface area (Å²) in [6.07, 6.45) is 2.82. The fourth-order valence-electron chi connectivity index (χ4n) is 2.34. The molecule has 1 aromatic rings. The van der Waals surface area contributed by atoms with E-state index < -0.39 is 30.0 Å². The third-order valence-electron chi connectivity index (χ3n) is 4.42. The van der Waals surface area contributed by atoms with Gasteiger partial charge in [-0.15, -0.1) is 0 Å². The van der Waals surface area contributed by atoms with Crippen LogP contribution in [-0.2, 0) is 14.0 Å². The van der Waals surface area contributed by atoms with Crippen molar-refractivity contribution in [1.29, 1.82) is 0 Å². The van der Waals surface area contributed by atoms with Crippen LogP contribution in [-0.4, -0.2) is 46.5 Å². The first kappa shape index (κ1) is 21.2. The molecule has 1 saturated heterocycles. The molecule has 0 unspecified atom stereocenters. The van der Waals surface area contributed by atoms with E-state index >= 15 is 0 Å². The lowest BCUT2D eigenvalue weighted by Crippen LogP contribution is -2.41. The molecule has 9 heteroatoms. The van der Waals surface area contributed by atoms with Crippen LogP contribution in [0.4, 0.5) is 10.7 Å². The molecule has 0 spiro atoms. The van der Waals surface area contributed by atoms with Crippen molar-refractivity contribution in [2.24, 2.45) is 0 Å². The predicted octanol–water partition coefficient (Wildman–Crippen LogP) is 2.60. The summed E-state index contributed by atoms with van der Waals surface area (Å²) in [5, 5.41) is 2.74. The first-order valence-corrected chi connectivity index (χ1v) is 8.90. The summed E-state index contributed by atoms with van der Waals surface area (Å²) in [5.74, 6) is 0.164. The molecule has 2 heterocycles. The Labute approximate surface area is 161 Å². The van der Waals surface area contributed by atoms with Gasteiger partial charge in [0.2, 0.25) is 5.95 Å². The average molecular weight is 376 g/mol. The molecule has 3 N–H and O–H groups in total. The Bertz CT molecular complexity index is 712. The smallest absolute Gasteiger partial charge is 0.444 e. The van der Waals surface area contributed by atoms with Crippen LogP contribution in [0.15, 0.2) is 17.7 Å². The van der Waals surface area contributed by atoms with Gasteiger partial charge in [0.25, 0.3) is 0 Å². The van der Waals surface area contributed by atoms with Crippen molar-refractivity contribution in [3.8, 4) is 0 Å². The number of carbonyl (C=O) groups excluding carboxylic acids is 1. The summed E-state index contributed by atoms with van der Waals surface area (Å²) in [6.45, 7) is 13.5. The Morgan fingerprint density at radius 3 is 2.41 bits per heavy atom. The number of hydrogen-bond donors (Lipinski definition) is 2. The number of ether oxygens (including phenoxy) is 1. The first-order chi connectivity index (χ1) is 12.3. The molecule has 27 heavy (non-hydrogen) atoms. The van der Waals surface area contributed by atoms with Gasteiger partial charge in [-0.1, -0.05) is 0 Å². The molecule has 1 aromatic heterocycles. The van der Waals surface area contributed by atoms with Crippen LogP contribution in [0.5, 0.6) is 0 Å². The van der Waals surface area contributed by atoms with Crippen molar-refractivity contribution in [3.63, 3.8) is 0 Å². The van der Waals surface area contributed by atoms with Gasteiger partial charge in [0.15, 0.2) is 0 Å². The van der Waals surface area contributed by atoms with Crippen LogP contribution in [0.3, 0.4) is 0 Å². The maximum absolute atomic E-state index is 12.1. The molecule has 0 saturated carbocycles. The number of carbonyl (C=O) groups is 1. The van der Waals surface area contributed by atoms with Crippen LogP contribution in [0.2, 0.25) is 0 Å². The number of hydrogen-bond acceptors (Lipinski definition) is 7. The first-order valence-electron chi connectivity index (χ1n) is 8.90. The average Bonchev–Trinajstić information content (AvgIpc) is 2.70. The summed E-state index contributed by atoms with van der Waals surface area (Å²) in [7, 11) is -0.638. The van der Waals surface area contributed by atoms with E-state index in [1.54, 1.807) is 39.1 Å². The van der Waals surface area contributed by atoms with Crippen LogP contribution in [0.1, 0.15) is 54.2 Å². The highest BCUT2D eigenvalue weighted by molar-refractivity contribution is 6.56. The zero-order valence-corrected chi connectivity index (χ0v) is 17.1. The Morgan fingerprint density at radius 1 is 1.30 bits per heavy atom. The van der Waals surface area contributed by atoms with E-state index in [4.69, 9.17) is 19.8 Å². The molecule has 0 aliphatic carbocycles. The van der Waals surface area contributed by atoms with Crippen molar-refractivity contribution in [2.45, 2.75) is 65.3 Å². The van der Waals surface area contributed by atoms with Crippen LogP contribution in [0.25, 0.3) is 6.08 Å². The van der Waals surface area contributed by atoms with E-state index in [1.165, 1.54) is 0 Å². The molecule has 0 bridgehead atoms. The number of aromatic nitrogens is 2. The summed E-state index contributed by atoms with van der Waals surface area (Å²) in [6, 6.07) is 1.72. The molecule has 8 nitrogen and oxygen atoms in total. The summed E-state index contributed by atoms with van der Waals surface area (Å²) in [5.41, 5.74) is 5.35. The van der Waals surface area contributed by atoms with Crippen molar-refractivity contribution >= 4 is 25.2 Å². The summed E-state index contributed by atoms with van der Waals surface area (Å²) < 4.78 is 17.5. The molecule has 0 radical (unpaired) electrons. The number of amides is 1. The third kappa shape index (κ3) is 5.67. The third-order valence-corrected chi connectivity index (χ3v) is 4.42. The number of nitrogen functional groups attached to an aromatic ring is 1. The van der Waals surface area contributed by atoms with Gasteiger partial charge in [0.1, 0.15) is 5.60 Å². The van der Waals surface area contributed by atoms with Crippen LogP contribution < -0.4 is 11.1 Å². The quantitative estimate of drug-likeness (QED) is 0.778. The summed E-state index contributed by atoms with van der Waals surface area (Å²) >= 11 is 0. The van der Waals surface area contributed by atoms with Gasteiger partial charge in [0, 0.05) is 12.7 Å². The molecule has 2 rings (SSSR count). The number of rotatable bonds is 4. The number of anilines is 1. The monoisotopic (exact) mass is 376 g/mol. The lowest BCUT2D eigenvalue weighted by atomic mass is 9.77. The van der Waals surface area contributed by atoms with Gasteiger partial charge >= 0.3 is 13.2 Å². The van der Waals surface area contributed by atoms with Gasteiger partial charge in [-0.3, -0.25) is 0 Å². The predicted molar refractivity (Wildman–Crippen MR) is 105 cm³/mol. The maximum atomic E-state index is 12.1. The van der Waals surface area contributed by atoms with Crippen LogP contribution in [0, 0.1) is 0 Å². The van der Waals surface area contributed by atoms with Crippen molar-refractivity contribution < 1.29 is 18.8 Å². The SMILES string of the molecule is CC(C)(C)OC(=O)NCC(=Cc1ccnc(N)n1)B1OC(C)(C)C(C)(C)O1. The second kappa shape index (κ2) is 7.48. The highest BCUT2D eigenvalue weighted by Crippen LogP contribution is 2.38. The van der Waals surface area contributed by atoms with E-state index in [2.05, 4.69) is 15.3 Å². The molecule has 1 fully saturated rings. The van der Waals surface area contributed by atoms with Crippen LogP contribution >= 0.6 is 0 Å². The molecular formula is C18H29BN4O4. The Balaban J connectivity index is 2.23. The second-order valence-corrected chi connectivity index (χ2v) is 8.50. The zero-order chi connectivity index (χ0) is 20.5. The van der Waals surface area contributed by atoms with Gasteiger partial charge in [-0.05, 0) is 66.1 Å². The highest BCUT2D eigenvalue weighted by Gasteiger charge is 2.52. The molecule has 1 aliphatic rings. The van der Waals surface area contributed by atoms with Gasteiger partial charge in [-0.25, -0.2) is 14.8 Å². The number of alkyl carbamates (subject to hydrolysis) is 1. The van der Waals surface area contributed by atoms with Crippen molar-refractivity contribution in [1.82, 2.24) is 15.3 Å². The van der Waals surface area contributed by atoms with Gasteiger partial charge in [0.05, 0.1) is 16.9 Å². The normalized spacial score (nSPS) is 19.1. The van der Waals surface area contributed by atoms with Gasteiger partial charge in [-0.2, -0.15) is 0 Å². The summed E-state index contributed by atoms with van der Waals surface area (Å²) in [4.78, 5) is 20.1. The van der Waals surface area contributed by atoms with E-state index in [0.29, 0.717) is 11.2 Å². The number of nitrogens with two attached hydrogens (primary N) is 1. The van der Waals surface area contributed by atoms with Gasteiger partial charge < -0.3 is 25.1 Å². The van der Waals surface area contributed by atoms with Crippen molar-refractivity contribution in [3.05, 3.63) is 23.4 Å². The molecule has 0 aromatic carbocycles. The topological polar surface area (TPSA) is 109 Å². The molecule has 1 amide bonds. The zero-order valence-electron chi connectivity index (χ0n) is 17.1. The minimum absolute atomic E-state index is 0.164. The van der Waals surface area contributed by atoms with E-state index in [0.717, 1.165) is 0 Å². The largest absolute Gasteiger partial charge is 0.492 e. The van der Waals surface area contributed by atoms with Crippen molar-refractivity contribution in [2.75, 3.05) is 12.3 Å². The number of nitrogens with zero attached hydrogens (tertiary/aromatic N) is 2. The molecule has 148 valence electrons. The molecule has 1 aliphatic heterocycles. The standard InChI is InChI=1S/C18H29BN4O4/c1-16(2,3)25-15(24)22-11-12(10-13-8-9-21-14(20)23-13)19-26-17(4,5)18(6,7)27-19/h8-10H,11H2,1-7H3,(H,22,24)(H2,20,21,23). The minimum Gasteiger partial charge on any atom is -0.444 e. The minimum atomic E-state index is -0.638. The fourth-order valence-corrected chi connectivity index (χ4v) is 2.34. The maximum Gasteiger partial charge on any atom is 0.492 e. The lowest BCUT2D eigenvalue weighted by Gasteiger charge is -2.32. The van der Waals surface area contributed by atoms with E-state index in [-0.39, 0.29) is 12.5 Å². The Kier molecular flexibility index (Phi) is 5.87. The molecule has 0 atom stereocenters. The van der Waals surface area contributed by atoms with E-state index in [9.17, 15) is 4.79 Å². The second-order valence-electron chi connectivity index (χ2n) is 8.50.